The Labute approximate surface area is 81.7 Å². The number of nitrogens with two attached hydrogens (primary N) is 1. The van der Waals surface area contributed by atoms with E-state index in [1.165, 1.54) is 0 Å². The van der Waals surface area contributed by atoms with Gasteiger partial charge < -0.3 is 5.73 Å². The third-order valence-electron chi connectivity index (χ3n) is 2.60. The van der Waals surface area contributed by atoms with Crippen LogP contribution in [-0.4, -0.2) is 0 Å². The number of benzene rings is 1. The monoisotopic (exact) mass is 199 g/mol. The van der Waals surface area contributed by atoms with Crippen molar-refractivity contribution in [2.75, 3.05) is 0 Å². The molecule has 0 aliphatic heterocycles. The van der Waals surface area contributed by atoms with Crippen molar-refractivity contribution in [2.45, 2.75) is 25.3 Å². The van der Waals surface area contributed by atoms with Gasteiger partial charge in [-0.2, -0.15) is 0 Å². The van der Waals surface area contributed by atoms with Crippen LogP contribution in [0.2, 0.25) is 5.02 Å². The Morgan fingerprint density at radius 2 is 2.08 bits per heavy atom. The van der Waals surface area contributed by atoms with Crippen LogP contribution in [0, 0.1) is 12.7 Å². The molecule has 1 fully saturated rings. The summed E-state index contributed by atoms with van der Waals surface area (Å²) in [7, 11) is 0. The topological polar surface area (TPSA) is 26.0 Å². The van der Waals surface area contributed by atoms with E-state index in [1.54, 1.807) is 13.0 Å². The molecule has 0 unspecified atom stereocenters. The van der Waals surface area contributed by atoms with Crippen LogP contribution in [0.5, 0.6) is 0 Å². The van der Waals surface area contributed by atoms with Crippen LogP contribution < -0.4 is 5.73 Å². The second-order valence-electron chi connectivity index (χ2n) is 3.71. The largest absolute Gasteiger partial charge is 0.321 e. The SMILES string of the molecule is Cc1ccc(C2(N)CC2)c(Cl)c1F. The highest BCUT2D eigenvalue weighted by Crippen LogP contribution is 2.46. The maximum Gasteiger partial charge on any atom is 0.145 e. The molecule has 0 heterocycles. The van der Waals surface area contributed by atoms with Gasteiger partial charge in [0.2, 0.25) is 0 Å². The fraction of sp³-hybridized carbons (Fsp3) is 0.400. The number of hydrogen-bond donors (Lipinski definition) is 1. The van der Waals surface area contributed by atoms with Gasteiger partial charge in [-0.15, -0.1) is 0 Å². The molecule has 0 atom stereocenters. The number of hydrogen-bond acceptors (Lipinski definition) is 1. The van der Waals surface area contributed by atoms with E-state index in [1.807, 2.05) is 6.07 Å². The van der Waals surface area contributed by atoms with E-state index in [4.69, 9.17) is 17.3 Å². The van der Waals surface area contributed by atoms with Crippen LogP contribution in [0.25, 0.3) is 0 Å². The van der Waals surface area contributed by atoms with Crippen LogP contribution in [0.3, 0.4) is 0 Å². The molecule has 1 aromatic carbocycles. The summed E-state index contributed by atoms with van der Waals surface area (Å²) in [5.41, 5.74) is 6.90. The standard InChI is InChI=1S/C10H11ClFN/c1-6-2-3-7(8(11)9(6)12)10(13)4-5-10/h2-3H,4-5,13H2,1H3. The predicted octanol–water partition coefficient (Wildman–Crippen LogP) is 2.74. The van der Waals surface area contributed by atoms with Gasteiger partial charge in [-0.1, -0.05) is 23.7 Å². The van der Waals surface area contributed by atoms with Crippen molar-refractivity contribution in [1.29, 1.82) is 0 Å². The zero-order chi connectivity index (χ0) is 9.64. The normalized spacial score (nSPS) is 18.8. The lowest BCUT2D eigenvalue weighted by Gasteiger charge is -2.12. The summed E-state index contributed by atoms with van der Waals surface area (Å²) >= 11 is 5.87. The first-order chi connectivity index (χ1) is 6.04. The van der Waals surface area contributed by atoms with Gasteiger partial charge in [-0.3, -0.25) is 0 Å². The Morgan fingerprint density at radius 1 is 1.46 bits per heavy atom. The first kappa shape index (κ1) is 8.97. The van der Waals surface area contributed by atoms with E-state index in [0.717, 1.165) is 18.4 Å². The second-order valence-corrected chi connectivity index (χ2v) is 4.09. The Hall–Kier alpha value is -0.600. The van der Waals surface area contributed by atoms with E-state index in [2.05, 4.69) is 0 Å². The summed E-state index contributed by atoms with van der Waals surface area (Å²) in [6.45, 7) is 1.70. The molecular formula is C10H11ClFN. The zero-order valence-electron chi connectivity index (χ0n) is 7.40. The van der Waals surface area contributed by atoms with Crippen molar-refractivity contribution >= 4 is 11.6 Å². The second kappa shape index (κ2) is 2.69. The molecule has 0 spiro atoms. The Bertz CT molecular complexity index is 358. The summed E-state index contributed by atoms with van der Waals surface area (Å²) in [6.07, 6.45) is 1.80. The molecule has 0 amide bonds. The zero-order valence-corrected chi connectivity index (χ0v) is 8.16. The molecule has 70 valence electrons. The molecule has 0 aromatic heterocycles. The summed E-state index contributed by atoms with van der Waals surface area (Å²) in [5.74, 6) is -0.337. The van der Waals surface area contributed by atoms with Gasteiger partial charge in [0.15, 0.2) is 0 Å². The maximum absolute atomic E-state index is 13.4. The maximum atomic E-state index is 13.4. The average Bonchev–Trinajstić information content (AvgIpc) is 2.80. The Morgan fingerprint density at radius 3 is 2.62 bits per heavy atom. The minimum Gasteiger partial charge on any atom is -0.321 e. The van der Waals surface area contributed by atoms with Gasteiger partial charge in [-0.25, -0.2) is 4.39 Å². The van der Waals surface area contributed by atoms with Crippen molar-refractivity contribution in [3.63, 3.8) is 0 Å². The van der Waals surface area contributed by atoms with Crippen molar-refractivity contribution in [1.82, 2.24) is 0 Å². The molecule has 1 aromatic rings. The molecule has 13 heavy (non-hydrogen) atoms. The molecule has 1 nitrogen and oxygen atoms in total. The lowest BCUT2D eigenvalue weighted by Crippen LogP contribution is -2.19. The average molecular weight is 200 g/mol. The van der Waals surface area contributed by atoms with Gasteiger partial charge in [-0.05, 0) is 30.9 Å². The summed E-state index contributed by atoms with van der Waals surface area (Å²) in [6, 6.07) is 3.55. The van der Waals surface area contributed by atoms with Gasteiger partial charge in [0.25, 0.3) is 0 Å². The molecule has 3 heteroatoms. The quantitative estimate of drug-likeness (QED) is 0.740. The molecule has 1 aliphatic carbocycles. The van der Waals surface area contributed by atoms with Crippen molar-refractivity contribution in [3.05, 3.63) is 34.1 Å². The van der Waals surface area contributed by atoms with E-state index in [0.29, 0.717) is 5.56 Å². The molecule has 0 radical (unpaired) electrons. The third-order valence-corrected chi connectivity index (χ3v) is 2.97. The number of aryl methyl sites for hydroxylation is 1. The van der Waals surface area contributed by atoms with Crippen LogP contribution >= 0.6 is 11.6 Å². The third kappa shape index (κ3) is 1.34. The van der Waals surface area contributed by atoms with Gasteiger partial charge >= 0.3 is 0 Å². The minimum absolute atomic E-state index is 0.194. The molecule has 1 aliphatic rings. The van der Waals surface area contributed by atoms with Crippen LogP contribution in [0.15, 0.2) is 12.1 Å². The first-order valence-corrected chi connectivity index (χ1v) is 4.66. The molecule has 2 N–H and O–H groups in total. The van der Waals surface area contributed by atoms with E-state index >= 15 is 0 Å². The summed E-state index contributed by atoms with van der Waals surface area (Å²) in [5, 5.41) is 0.194. The summed E-state index contributed by atoms with van der Waals surface area (Å²) < 4.78 is 13.4. The fourth-order valence-corrected chi connectivity index (χ4v) is 1.83. The number of rotatable bonds is 1. The van der Waals surface area contributed by atoms with Crippen molar-refractivity contribution in [2.24, 2.45) is 5.73 Å². The van der Waals surface area contributed by atoms with E-state index < -0.39 is 0 Å². The molecule has 0 saturated heterocycles. The van der Waals surface area contributed by atoms with Crippen LogP contribution in [0.1, 0.15) is 24.0 Å². The molecule has 1 saturated carbocycles. The summed E-state index contributed by atoms with van der Waals surface area (Å²) in [4.78, 5) is 0. The fourth-order valence-electron chi connectivity index (χ4n) is 1.43. The van der Waals surface area contributed by atoms with Gasteiger partial charge in [0, 0.05) is 5.54 Å². The Kier molecular flexibility index (Phi) is 1.86. The molecule has 0 bridgehead atoms. The van der Waals surface area contributed by atoms with Gasteiger partial charge in [0.05, 0.1) is 5.02 Å². The predicted molar refractivity (Wildman–Crippen MR) is 51.2 cm³/mol. The number of halogens is 2. The lowest BCUT2D eigenvalue weighted by molar-refractivity contribution is 0.610. The van der Waals surface area contributed by atoms with Crippen molar-refractivity contribution in [3.8, 4) is 0 Å². The minimum atomic E-state index is -0.356. The van der Waals surface area contributed by atoms with E-state index in [-0.39, 0.29) is 16.4 Å². The lowest BCUT2D eigenvalue weighted by atomic mass is 10.0. The first-order valence-electron chi connectivity index (χ1n) is 4.28. The highest BCUT2D eigenvalue weighted by atomic mass is 35.5. The smallest absolute Gasteiger partial charge is 0.145 e. The highest BCUT2D eigenvalue weighted by Gasteiger charge is 2.42. The van der Waals surface area contributed by atoms with E-state index in [9.17, 15) is 4.39 Å². The van der Waals surface area contributed by atoms with Gasteiger partial charge in [0.1, 0.15) is 5.82 Å². The molecule has 2 rings (SSSR count). The van der Waals surface area contributed by atoms with Crippen LogP contribution in [0.4, 0.5) is 4.39 Å². The highest BCUT2D eigenvalue weighted by molar-refractivity contribution is 6.31. The molecular weight excluding hydrogens is 189 g/mol. The van der Waals surface area contributed by atoms with Crippen LogP contribution in [-0.2, 0) is 5.54 Å². The van der Waals surface area contributed by atoms with Crippen molar-refractivity contribution < 1.29 is 4.39 Å². The Balaban J connectivity index is 2.54.